The molecule has 0 radical (unpaired) electrons. The minimum absolute atomic E-state index is 0.0292. The summed E-state index contributed by atoms with van der Waals surface area (Å²) in [5.74, 6) is -0.521. The first-order valence-electron chi connectivity index (χ1n) is 5.76. The van der Waals surface area contributed by atoms with Crippen LogP contribution in [-0.4, -0.2) is 48.1 Å². The number of hydrogen-bond acceptors (Lipinski definition) is 5. The van der Waals surface area contributed by atoms with E-state index in [0.717, 1.165) is 6.20 Å². The van der Waals surface area contributed by atoms with Gasteiger partial charge in [-0.1, -0.05) is 0 Å². The Morgan fingerprint density at radius 3 is 2.68 bits per heavy atom. The van der Waals surface area contributed by atoms with Gasteiger partial charge in [0.25, 0.3) is 0 Å². The highest BCUT2D eigenvalue weighted by atomic mass is 35.5. The van der Waals surface area contributed by atoms with E-state index < -0.39 is 15.8 Å². The van der Waals surface area contributed by atoms with Crippen molar-refractivity contribution in [1.82, 2.24) is 14.3 Å². The Morgan fingerprint density at radius 2 is 2.11 bits per heavy atom. The third kappa shape index (κ3) is 3.74. The van der Waals surface area contributed by atoms with Gasteiger partial charge < -0.3 is 5.32 Å². The molecule has 2 rings (SSSR count). The van der Waals surface area contributed by atoms with Crippen molar-refractivity contribution in [3.05, 3.63) is 17.3 Å². The summed E-state index contributed by atoms with van der Waals surface area (Å²) in [5, 5.41) is 2.90. The summed E-state index contributed by atoms with van der Waals surface area (Å²) in [6.07, 6.45) is 3.37. The number of hydrogen-bond donors (Lipinski definition) is 1. The monoisotopic (exact) mass is 308 g/mol. The number of halogens is 2. The number of nitrogens with one attached hydrogen (secondary N) is 1. The van der Waals surface area contributed by atoms with Crippen LogP contribution in [0.4, 0.5) is 10.2 Å². The molecule has 1 fully saturated rings. The van der Waals surface area contributed by atoms with Crippen LogP contribution in [0.1, 0.15) is 12.8 Å². The van der Waals surface area contributed by atoms with Crippen LogP contribution < -0.4 is 5.32 Å². The maximum Gasteiger partial charge on any atom is 0.224 e. The highest BCUT2D eigenvalue weighted by Crippen LogP contribution is 2.19. The second-order valence-electron chi connectivity index (χ2n) is 4.42. The van der Waals surface area contributed by atoms with Gasteiger partial charge in [0.05, 0.1) is 12.5 Å². The molecule has 0 unspecified atom stereocenters. The van der Waals surface area contributed by atoms with E-state index in [1.165, 1.54) is 10.6 Å². The molecule has 1 saturated heterocycles. The Kier molecular flexibility index (Phi) is 4.22. The number of sulfonamides is 1. The van der Waals surface area contributed by atoms with Gasteiger partial charge in [-0.25, -0.2) is 22.1 Å². The zero-order valence-electron chi connectivity index (χ0n) is 10.3. The van der Waals surface area contributed by atoms with Gasteiger partial charge in [-0.05, 0) is 24.4 Å². The number of nitrogens with zero attached hydrogens (tertiary/aromatic N) is 3. The van der Waals surface area contributed by atoms with Crippen molar-refractivity contribution in [2.45, 2.75) is 18.9 Å². The summed E-state index contributed by atoms with van der Waals surface area (Å²) in [4.78, 5) is 7.30. The van der Waals surface area contributed by atoms with Crippen LogP contribution in [0.5, 0.6) is 0 Å². The SMILES string of the molecule is CS(=O)(=O)N1CCC(Nc2nc(Cl)ncc2F)CC1. The number of rotatable bonds is 3. The van der Waals surface area contributed by atoms with Gasteiger partial charge in [0.2, 0.25) is 15.3 Å². The summed E-state index contributed by atoms with van der Waals surface area (Å²) in [6, 6.07) is -0.0292. The zero-order chi connectivity index (χ0) is 14.0. The minimum Gasteiger partial charge on any atom is -0.365 e. The number of aromatic nitrogens is 2. The van der Waals surface area contributed by atoms with E-state index in [4.69, 9.17) is 11.6 Å². The lowest BCUT2D eigenvalue weighted by molar-refractivity contribution is 0.331. The van der Waals surface area contributed by atoms with E-state index in [1.54, 1.807) is 0 Å². The molecule has 0 aliphatic carbocycles. The lowest BCUT2D eigenvalue weighted by Gasteiger charge is -2.30. The average molecular weight is 309 g/mol. The van der Waals surface area contributed by atoms with Crippen LogP contribution in [0.3, 0.4) is 0 Å². The first kappa shape index (κ1) is 14.4. The van der Waals surface area contributed by atoms with E-state index in [0.29, 0.717) is 25.9 Å². The first-order valence-corrected chi connectivity index (χ1v) is 7.98. The Labute approximate surface area is 116 Å². The van der Waals surface area contributed by atoms with Gasteiger partial charge in [-0.2, -0.15) is 4.98 Å². The van der Waals surface area contributed by atoms with Gasteiger partial charge in [0.1, 0.15) is 0 Å². The van der Waals surface area contributed by atoms with E-state index >= 15 is 0 Å². The standard InChI is InChI=1S/C10H14ClFN4O2S/c1-19(17,18)16-4-2-7(3-5-16)14-9-8(12)6-13-10(11)15-9/h6-7H,2-5H2,1H3,(H,13,14,15). The Hall–Kier alpha value is -0.990. The summed E-state index contributed by atoms with van der Waals surface area (Å²) in [7, 11) is -3.15. The molecular formula is C10H14ClFN4O2S. The van der Waals surface area contributed by atoms with Crippen LogP contribution in [0.2, 0.25) is 5.28 Å². The molecule has 0 aromatic carbocycles. The number of anilines is 1. The molecule has 106 valence electrons. The van der Waals surface area contributed by atoms with Crippen molar-refractivity contribution in [3.63, 3.8) is 0 Å². The molecule has 1 aromatic heterocycles. The molecule has 9 heteroatoms. The summed E-state index contributed by atoms with van der Waals surface area (Å²) in [5.41, 5.74) is 0. The fourth-order valence-corrected chi connectivity index (χ4v) is 2.98. The van der Waals surface area contributed by atoms with Gasteiger partial charge in [0, 0.05) is 19.1 Å². The molecule has 1 aliphatic rings. The van der Waals surface area contributed by atoms with Crippen molar-refractivity contribution in [3.8, 4) is 0 Å². The predicted octanol–water partition coefficient (Wildman–Crippen LogP) is 1.10. The summed E-state index contributed by atoms with van der Waals surface area (Å²) >= 11 is 5.60. The van der Waals surface area contributed by atoms with Gasteiger partial charge in [-0.15, -0.1) is 0 Å². The van der Waals surface area contributed by atoms with Crippen molar-refractivity contribution in [2.75, 3.05) is 24.7 Å². The second kappa shape index (κ2) is 5.56. The topological polar surface area (TPSA) is 75.2 Å². The van der Waals surface area contributed by atoms with Crippen LogP contribution in [0.25, 0.3) is 0 Å². The molecule has 0 saturated carbocycles. The molecule has 0 spiro atoms. The second-order valence-corrected chi connectivity index (χ2v) is 6.74. The van der Waals surface area contributed by atoms with Crippen LogP contribution in [0, 0.1) is 5.82 Å². The third-order valence-corrected chi connectivity index (χ3v) is 4.46. The first-order chi connectivity index (χ1) is 8.86. The van der Waals surface area contributed by atoms with Crippen LogP contribution in [0.15, 0.2) is 6.20 Å². The third-order valence-electron chi connectivity index (χ3n) is 2.98. The smallest absolute Gasteiger partial charge is 0.224 e. The molecule has 0 bridgehead atoms. The lowest BCUT2D eigenvalue weighted by Crippen LogP contribution is -2.42. The van der Waals surface area contributed by atoms with Crippen LogP contribution in [-0.2, 0) is 10.0 Å². The predicted molar refractivity (Wildman–Crippen MR) is 70.1 cm³/mol. The van der Waals surface area contributed by atoms with E-state index in [1.807, 2.05) is 0 Å². The maximum absolute atomic E-state index is 13.4. The van der Waals surface area contributed by atoms with Gasteiger partial charge in [-0.3, -0.25) is 0 Å². The van der Waals surface area contributed by atoms with Crippen molar-refractivity contribution in [1.29, 1.82) is 0 Å². The molecule has 0 atom stereocenters. The highest BCUT2D eigenvalue weighted by Gasteiger charge is 2.25. The normalized spacial score (nSPS) is 18.5. The van der Waals surface area contributed by atoms with E-state index in [9.17, 15) is 12.8 Å². The molecule has 0 amide bonds. The molecule has 19 heavy (non-hydrogen) atoms. The molecule has 6 nitrogen and oxygen atoms in total. The van der Waals surface area contributed by atoms with Crippen molar-refractivity contribution < 1.29 is 12.8 Å². The molecule has 1 aromatic rings. The quantitative estimate of drug-likeness (QED) is 0.847. The maximum atomic E-state index is 13.4. The Bertz CT molecular complexity index is 561. The number of piperidine rings is 1. The van der Waals surface area contributed by atoms with Crippen molar-refractivity contribution in [2.24, 2.45) is 0 Å². The fraction of sp³-hybridized carbons (Fsp3) is 0.600. The molecular weight excluding hydrogens is 295 g/mol. The molecule has 1 aliphatic heterocycles. The molecule has 1 N–H and O–H groups in total. The fourth-order valence-electron chi connectivity index (χ4n) is 1.97. The van der Waals surface area contributed by atoms with Crippen molar-refractivity contribution >= 4 is 27.4 Å². The lowest BCUT2D eigenvalue weighted by atomic mass is 10.1. The Morgan fingerprint density at radius 1 is 1.47 bits per heavy atom. The highest BCUT2D eigenvalue weighted by molar-refractivity contribution is 7.88. The van der Waals surface area contributed by atoms with Crippen LogP contribution >= 0.6 is 11.6 Å². The molecule has 2 heterocycles. The summed E-state index contributed by atoms with van der Waals surface area (Å²) in [6.45, 7) is 0.827. The average Bonchev–Trinajstić information content (AvgIpc) is 2.33. The van der Waals surface area contributed by atoms with Gasteiger partial charge in [0.15, 0.2) is 11.6 Å². The summed E-state index contributed by atoms with van der Waals surface area (Å²) < 4.78 is 37.6. The van der Waals surface area contributed by atoms with E-state index in [-0.39, 0.29) is 17.1 Å². The Balaban J connectivity index is 1.98. The minimum atomic E-state index is -3.15. The largest absolute Gasteiger partial charge is 0.365 e. The van der Waals surface area contributed by atoms with E-state index in [2.05, 4.69) is 15.3 Å². The zero-order valence-corrected chi connectivity index (χ0v) is 11.9. The van der Waals surface area contributed by atoms with Gasteiger partial charge >= 0.3 is 0 Å².